The van der Waals surface area contributed by atoms with Crippen LogP contribution >= 0.6 is 12.2 Å². The van der Waals surface area contributed by atoms with Gasteiger partial charge in [0, 0.05) is 47.3 Å². The maximum atomic E-state index is 13.3. The number of hydrogen-bond acceptors (Lipinski definition) is 3. The first-order valence-corrected chi connectivity index (χ1v) is 14.7. The topological polar surface area (TPSA) is 62.2 Å². The summed E-state index contributed by atoms with van der Waals surface area (Å²) in [5, 5.41) is 9.42. The first-order valence-electron chi connectivity index (χ1n) is 14.3. The van der Waals surface area contributed by atoms with Gasteiger partial charge in [-0.05, 0) is 92.3 Å². The van der Waals surface area contributed by atoms with Crippen LogP contribution in [0.4, 0.5) is 5.69 Å². The summed E-state index contributed by atoms with van der Waals surface area (Å²) in [5.74, 6) is -0.0463. The van der Waals surface area contributed by atoms with E-state index >= 15 is 0 Å². The van der Waals surface area contributed by atoms with Crippen LogP contribution in [0.15, 0.2) is 91.1 Å². The van der Waals surface area contributed by atoms with E-state index in [4.69, 9.17) is 17.2 Å². The van der Waals surface area contributed by atoms with Crippen molar-refractivity contribution in [3.8, 4) is 5.69 Å². The molecule has 0 saturated carbocycles. The lowest BCUT2D eigenvalue weighted by Crippen LogP contribution is -2.33. The van der Waals surface area contributed by atoms with Crippen molar-refractivity contribution in [1.82, 2.24) is 19.8 Å². The van der Waals surface area contributed by atoms with E-state index in [1.807, 2.05) is 54.7 Å². The number of thiocarbonyl (C=S) groups is 1. The zero-order chi connectivity index (χ0) is 29.4. The van der Waals surface area contributed by atoms with Crippen molar-refractivity contribution in [3.63, 3.8) is 0 Å². The second-order valence-electron chi connectivity index (χ2n) is 11.1. The Balaban J connectivity index is 1.33. The Hall–Kier alpha value is -4.49. The van der Waals surface area contributed by atoms with E-state index in [-0.39, 0.29) is 18.0 Å². The van der Waals surface area contributed by atoms with Crippen molar-refractivity contribution in [2.45, 2.75) is 46.2 Å². The van der Waals surface area contributed by atoms with Crippen molar-refractivity contribution in [3.05, 3.63) is 125 Å². The van der Waals surface area contributed by atoms with Gasteiger partial charge < -0.3 is 20.1 Å². The van der Waals surface area contributed by atoms with Crippen LogP contribution in [0.3, 0.4) is 0 Å². The van der Waals surface area contributed by atoms with Crippen molar-refractivity contribution in [2.24, 2.45) is 0 Å². The standard InChI is InChI=1S/C35H35N5OS/c1-22-15-16-23(2)31(20-22)40-24(3)21-28(25(40)4)34-33(30-13-7-8-18-36-30)38-35(42)39(34)19-17-32(41)37-29-14-9-11-26-10-5-6-12-27(26)29/h5-16,18,20-21,33-34H,17,19H2,1-4H3,(H,37,41)(H,38,42). The third-order valence-electron chi connectivity index (χ3n) is 8.24. The van der Waals surface area contributed by atoms with Gasteiger partial charge in [0.2, 0.25) is 5.91 Å². The van der Waals surface area contributed by atoms with E-state index < -0.39 is 0 Å². The minimum Gasteiger partial charge on any atom is -0.352 e. The van der Waals surface area contributed by atoms with E-state index in [0.717, 1.165) is 33.5 Å². The van der Waals surface area contributed by atoms with Gasteiger partial charge in [-0.2, -0.15) is 0 Å². The first kappa shape index (κ1) is 27.7. The fourth-order valence-corrected chi connectivity index (χ4v) is 6.50. The molecule has 2 atom stereocenters. The molecule has 1 amide bonds. The lowest BCUT2D eigenvalue weighted by Gasteiger charge is -2.28. The number of carbonyl (C=O) groups excluding carboxylic acids is 1. The predicted octanol–water partition coefficient (Wildman–Crippen LogP) is 7.26. The summed E-state index contributed by atoms with van der Waals surface area (Å²) in [4.78, 5) is 20.1. The Labute approximate surface area is 252 Å². The average molecular weight is 574 g/mol. The van der Waals surface area contributed by atoms with Crippen LogP contribution < -0.4 is 10.6 Å². The number of amides is 1. The fourth-order valence-electron chi connectivity index (χ4n) is 6.17. The maximum absolute atomic E-state index is 13.3. The van der Waals surface area contributed by atoms with E-state index in [1.165, 1.54) is 22.4 Å². The molecule has 6 nitrogen and oxygen atoms in total. The number of rotatable bonds is 7. The summed E-state index contributed by atoms with van der Waals surface area (Å²) in [5.41, 5.74) is 8.84. The van der Waals surface area contributed by atoms with E-state index in [2.05, 4.69) is 84.2 Å². The van der Waals surface area contributed by atoms with Crippen LogP contribution in [0, 0.1) is 27.7 Å². The smallest absolute Gasteiger partial charge is 0.226 e. The summed E-state index contributed by atoms with van der Waals surface area (Å²) in [6, 6.07) is 28.6. The molecule has 5 aromatic rings. The van der Waals surface area contributed by atoms with Gasteiger partial charge in [-0.25, -0.2) is 0 Å². The molecule has 6 rings (SSSR count). The number of hydrogen-bond donors (Lipinski definition) is 2. The normalized spacial score (nSPS) is 16.6. The molecule has 1 saturated heterocycles. The Morgan fingerprint density at radius 1 is 0.952 bits per heavy atom. The summed E-state index contributed by atoms with van der Waals surface area (Å²) in [6.07, 6.45) is 2.11. The number of anilines is 1. The van der Waals surface area contributed by atoms with Gasteiger partial charge in [-0.3, -0.25) is 9.78 Å². The highest BCUT2D eigenvalue weighted by molar-refractivity contribution is 7.80. The summed E-state index contributed by atoms with van der Waals surface area (Å²) < 4.78 is 2.33. The zero-order valence-corrected chi connectivity index (χ0v) is 25.2. The van der Waals surface area contributed by atoms with E-state index in [1.54, 1.807) is 0 Å². The largest absolute Gasteiger partial charge is 0.352 e. The number of fused-ring (bicyclic) bond motifs is 1. The van der Waals surface area contributed by atoms with Crippen LogP contribution in [-0.2, 0) is 4.79 Å². The Bertz CT molecular complexity index is 1790. The lowest BCUT2D eigenvalue weighted by atomic mass is 9.96. The van der Waals surface area contributed by atoms with Crippen molar-refractivity contribution < 1.29 is 4.79 Å². The molecule has 212 valence electrons. The van der Waals surface area contributed by atoms with Crippen LogP contribution in [0.5, 0.6) is 0 Å². The van der Waals surface area contributed by atoms with Gasteiger partial charge in [0.05, 0.1) is 17.8 Å². The fraction of sp³-hybridized carbons (Fsp3) is 0.229. The monoisotopic (exact) mass is 573 g/mol. The second kappa shape index (κ2) is 11.4. The highest BCUT2D eigenvalue weighted by Crippen LogP contribution is 2.41. The van der Waals surface area contributed by atoms with Crippen LogP contribution in [0.1, 0.15) is 52.3 Å². The third-order valence-corrected chi connectivity index (χ3v) is 8.59. The number of nitrogens with zero attached hydrogens (tertiary/aromatic N) is 3. The number of aromatic nitrogens is 2. The molecular formula is C35H35N5OS. The van der Waals surface area contributed by atoms with Crippen LogP contribution in [0.2, 0.25) is 0 Å². The van der Waals surface area contributed by atoms with Gasteiger partial charge in [0.15, 0.2) is 5.11 Å². The molecule has 1 aliphatic rings. The highest BCUT2D eigenvalue weighted by Gasteiger charge is 2.41. The second-order valence-corrected chi connectivity index (χ2v) is 11.5. The van der Waals surface area contributed by atoms with Crippen molar-refractivity contribution >= 4 is 39.7 Å². The molecule has 7 heteroatoms. The molecule has 0 aliphatic carbocycles. The summed E-state index contributed by atoms with van der Waals surface area (Å²) in [7, 11) is 0. The van der Waals surface area contributed by atoms with Crippen LogP contribution in [-0.4, -0.2) is 32.0 Å². The predicted molar refractivity (Wildman–Crippen MR) is 174 cm³/mol. The number of aryl methyl sites for hydroxylation is 3. The van der Waals surface area contributed by atoms with Crippen LogP contribution in [0.25, 0.3) is 16.5 Å². The minimum atomic E-state index is -0.146. The van der Waals surface area contributed by atoms with Gasteiger partial charge in [0.1, 0.15) is 0 Å². The number of nitrogens with one attached hydrogen (secondary N) is 2. The molecule has 0 spiro atoms. The molecule has 2 unspecified atom stereocenters. The molecule has 0 radical (unpaired) electrons. The summed E-state index contributed by atoms with van der Waals surface area (Å²) in [6.45, 7) is 9.07. The number of carbonyl (C=O) groups is 1. The number of benzene rings is 3. The molecule has 0 bridgehead atoms. The molecule has 42 heavy (non-hydrogen) atoms. The number of pyridine rings is 1. The molecule has 1 fully saturated rings. The Morgan fingerprint density at radius 3 is 2.55 bits per heavy atom. The first-order chi connectivity index (χ1) is 20.3. The van der Waals surface area contributed by atoms with Gasteiger partial charge >= 0.3 is 0 Å². The minimum absolute atomic E-state index is 0.0463. The van der Waals surface area contributed by atoms with Gasteiger partial charge in [-0.15, -0.1) is 0 Å². The van der Waals surface area contributed by atoms with Crippen molar-refractivity contribution in [2.75, 3.05) is 11.9 Å². The van der Waals surface area contributed by atoms with Gasteiger partial charge in [-0.1, -0.05) is 54.6 Å². The molecular weight excluding hydrogens is 538 g/mol. The van der Waals surface area contributed by atoms with Crippen molar-refractivity contribution in [1.29, 1.82) is 0 Å². The Kier molecular flexibility index (Phi) is 7.52. The SMILES string of the molecule is Cc1ccc(C)c(-n2c(C)cc(C3C(c4ccccn4)NC(=S)N3CCC(=O)Nc3cccc4ccccc34)c2C)c1. The van der Waals surface area contributed by atoms with Gasteiger partial charge in [0.25, 0.3) is 0 Å². The summed E-state index contributed by atoms with van der Waals surface area (Å²) >= 11 is 5.90. The molecule has 1 aliphatic heterocycles. The van der Waals surface area contributed by atoms with E-state index in [0.29, 0.717) is 18.1 Å². The zero-order valence-electron chi connectivity index (χ0n) is 24.4. The quantitative estimate of drug-likeness (QED) is 0.201. The highest BCUT2D eigenvalue weighted by atomic mass is 32.1. The third kappa shape index (κ3) is 5.16. The molecule has 3 aromatic carbocycles. The molecule has 2 N–H and O–H groups in total. The average Bonchev–Trinajstić information content (AvgIpc) is 3.47. The maximum Gasteiger partial charge on any atom is 0.226 e. The molecule has 2 aromatic heterocycles. The molecule has 3 heterocycles. The lowest BCUT2D eigenvalue weighted by molar-refractivity contribution is -0.116. The Morgan fingerprint density at radius 2 is 1.74 bits per heavy atom. The van der Waals surface area contributed by atoms with E-state index in [9.17, 15) is 4.79 Å².